The summed E-state index contributed by atoms with van der Waals surface area (Å²) in [6.45, 7) is 55.1. The number of hydrogen-bond donors (Lipinski definition) is 3. The van der Waals surface area contributed by atoms with Crippen molar-refractivity contribution in [3.8, 4) is 0 Å². The summed E-state index contributed by atoms with van der Waals surface area (Å²) in [5.41, 5.74) is 3.89. The largest absolute Gasteiger partial charge is 0.444 e. The van der Waals surface area contributed by atoms with E-state index < -0.39 is 39.6 Å². The molecule has 12 fully saturated rings. The molecule has 18 rings (SSSR count). The second-order valence-corrected chi connectivity index (χ2v) is 42.0. The highest BCUT2D eigenvalue weighted by atomic mass is 35.5. The van der Waals surface area contributed by atoms with E-state index in [2.05, 4.69) is 175 Å². The van der Waals surface area contributed by atoms with Crippen molar-refractivity contribution in [3.63, 3.8) is 0 Å². The van der Waals surface area contributed by atoms with E-state index in [1.165, 1.54) is 67.6 Å². The minimum atomic E-state index is -0.647. The molecule has 12 saturated heterocycles. The van der Waals surface area contributed by atoms with Gasteiger partial charge in [-0.05, 0) is 147 Å². The minimum absolute atomic E-state index is 0.0787. The molecule has 13 aliphatic heterocycles. The molecule has 5 amide bonds. The predicted octanol–water partition coefficient (Wildman–Crippen LogP) is 12.4. The average molecular weight is 1750 g/mol. The van der Waals surface area contributed by atoms with Crippen LogP contribution in [0.2, 0.25) is 10.3 Å². The van der Waals surface area contributed by atoms with Crippen LogP contribution in [-0.2, 0) is 78.6 Å². The van der Waals surface area contributed by atoms with Gasteiger partial charge in [-0.15, -0.1) is 0 Å². The van der Waals surface area contributed by atoms with Gasteiger partial charge in [-0.1, -0.05) is 168 Å². The molecule has 13 aliphatic rings. The van der Waals surface area contributed by atoms with Crippen molar-refractivity contribution >= 4 is 83.0 Å². The van der Waals surface area contributed by atoms with Gasteiger partial charge in [0.2, 0.25) is 17.1 Å². The maximum Gasteiger partial charge on any atom is 0.410 e. The third-order valence-corrected chi connectivity index (χ3v) is 27.3. The van der Waals surface area contributed by atoms with Crippen molar-refractivity contribution in [2.45, 2.75) is 161 Å². The van der Waals surface area contributed by atoms with E-state index in [-0.39, 0.29) is 80.8 Å². The number of likely N-dealkylation sites (tertiary alicyclic amines) is 7. The lowest BCUT2D eigenvalue weighted by Crippen LogP contribution is -2.39. The van der Waals surface area contributed by atoms with Crippen LogP contribution in [-0.4, -0.2) is 246 Å². The third-order valence-electron chi connectivity index (χ3n) is 26.9. The van der Waals surface area contributed by atoms with Crippen molar-refractivity contribution in [2.75, 3.05) is 136 Å². The first kappa shape index (κ1) is 94.2. The number of aromatic nitrogens is 2. The molecule has 3 N–H and O–H groups in total. The molecule has 12 atom stereocenters. The van der Waals surface area contributed by atoms with Crippen LogP contribution >= 0.6 is 23.2 Å². The summed E-state index contributed by atoms with van der Waals surface area (Å²) in [5.74, 6) is 0.0967. The Morgan fingerprint density at radius 3 is 1.26 bits per heavy atom. The van der Waals surface area contributed by atoms with Crippen molar-refractivity contribution in [3.05, 3.63) is 172 Å². The monoisotopic (exact) mass is 1750 g/mol. The predicted molar refractivity (Wildman–Crippen MR) is 474 cm³/mol. The lowest BCUT2D eigenvalue weighted by molar-refractivity contribution is -0.156. The summed E-state index contributed by atoms with van der Waals surface area (Å²) in [5, 5.41) is 10.0. The summed E-state index contributed by atoms with van der Waals surface area (Å²) in [6, 6.07) is 41.6. The van der Waals surface area contributed by atoms with E-state index in [1.807, 2.05) is 127 Å². The van der Waals surface area contributed by atoms with Gasteiger partial charge in [-0.3, -0.25) is 44.1 Å². The molecule has 0 spiro atoms. The van der Waals surface area contributed by atoms with Gasteiger partial charge in [0.15, 0.2) is 5.82 Å². The average Bonchev–Trinajstić information content (AvgIpc) is 1.56. The molecule has 0 aliphatic carbocycles. The first-order valence-electron chi connectivity index (χ1n) is 43.5. The molecule has 1 aromatic heterocycles. The zero-order chi connectivity index (χ0) is 89.9. The van der Waals surface area contributed by atoms with Crippen LogP contribution in [0.4, 0.5) is 20.2 Å². The molecule has 27 nitrogen and oxygen atoms in total. The van der Waals surface area contributed by atoms with Crippen LogP contribution in [0.5, 0.6) is 0 Å². The number of benzene rings is 4. The molecular weight excluding hydrogens is 1620 g/mol. The first-order chi connectivity index (χ1) is 58.1. The van der Waals surface area contributed by atoms with Gasteiger partial charge >= 0.3 is 42.2 Å². The number of nitrogens with zero attached hydrogens (tertiary/aromatic N) is 10. The maximum absolute atomic E-state index is 12.5. The number of esters is 4. The number of cyclic esters (lactones) is 4. The van der Waals surface area contributed by atoms with Gasteiger partial charge < -0.3 is 53.9 Å². The van der Waals surface area contributed by atoms with Gasteiger partial charge in [0.25, 0.3) is 0 Å². The molecule has 124 heavy (non-hydrogen) atoms. The number of hydrogen-bond acceptors (Lipinski definition) is 23. The van der Waals surface area contributed by atoms with E-state index in [0.717, 1.165) is 97.5 Å². The highest BCUT2D eigenvalue weighted by Crippen LogP contribution is 2.54. The number of ether oxygens (including phenoxy) is 5. The van der Waals surface area contributed by atoms with Crippen molar-refractivity contribution in [1.82, 2.24) is 60.2 Å². The molecule has 4 aromatic carbocycles. The molecule has 0 radical (unpaired) electrons. The van der Waals surface area contributed by atoms with Gasteiger partial charge in [-0.25, -0.2) is 29.0 Å². The van der Waals surface area contributed by atoms with Gasteiger partial charge in [-0.2, -0.15) is 4.98 Å². The van der Waals surface area contributed by atoms with Crippen molar-refractivity contribution < 1.29 is 66.8 Å². The lowest BCUT2D eigenvalue weighted by Gasteiger charge is -2.29. The topological polar surface area (TPSA) is 288 Å². The third kappa shape index (κ3) is 22.7. The standard InChI is InChI=1S/C19H28N2O2.C17H24Cl2N4O2.C14H16N2O2.C14H20N2.C14H15NO3.C12H22N2O2.C5H4O3/c1-18(2,3)23-17(22)21-12-16-11-20(13-19(16,4)14-21)10-15-8-6-5-7-9-15;1-15(2,3)25-14(24)23-9-16(4)7-22(8-17(16,5)10-23)12-11(18)6-20-13(19)21-12;1-14-9-16(7-10-5-3-2-4-6-10)8-11(14)12(17)15-13(14)18;1-14-10-15-7-13(14)9-16(11-14)8-12-5-3-2-4-6-12;1-14-9-15(7-10-5-3-2-4-6-10)8-11(14)12(16)18-13(14)17;1-11(2,3)16-10(15)14-6-9-5-13-7-12(9,4)8-14;1-3-2-4(6)8-5(3)7/h5-9,16H,10-14H2,1-4H3;6H,7-10H2,1-5H3;2-6,11H,7-9H2,1H3,(H,15,17,18);2-6,13,15H,7-11H2,1H3;2-6,11H,7-9H2,1H3;9,13H,5-8H2,1-4H3;2H,1H3/t16-,19+;16-,17+;11-,14-;13-,14+;11-,14-;9-,12+;/m0.0100./s1. The van der Waals surface area contributed by atoms with E-state index in [9.17, 15) is 43.2 Å². The number of amides is 5. The quantitative estimate of drug-likeness (QED) is 0.0406. The van der Waals surface area contributed by atoms with Crippen molar-refractivity contribution in [1.29, 1.82) is 0 Å². The molecule has 5 aromatic rings. The summed E-state index contributed by atoms with van der Waals surface area (Å²) in [4.78, 5) is 129. The molecule has 672 valence electrons. The number of carbonyl (C=O) groups excluding carboxylic acids is 9. The second-order valence-electron chi connectivity index (χ2n) is 41.3. The van der Waals surface area contributed by atoms with E-state index in [0.29, 0.717) is 72.9 Å². The minimum Gasteiger partial charge on any atom is -0.444 e. The smallest absolute Gasteiger partial charge is 0.410 e. The fraction of sp³-hybridized carbons (Fsp3) is 0.589. The molecular formula is C95H129Cl2N13O14. The summed E-state index contributed by atoms with van der Waals surface area (Å²) in [7, 11) is 0. The van der Waals surface area contributed by atoms with Crippen LogP contribution in [0, 0.1) is 67.5 Å². The molecule has 0 unspecified atom stereocenters. The van der Waals surface area contributed by atoms with Crippen LogP contribution in [0.1, 0.15) is 140 Å². The van der Waals surface area contributed by atoms with E-state index in [4.69, 9.17) is 42.1 Å². The first-order valence-corrected chi connectivity index (χ1v) is 44.3. The zero-order valence-electron chi connectivity index (χ0n) is 75.5. The summed E-state index contributed by atoms with van der Waals surface area (Å²) >= 11 is 12.2. The van der Waals surface area contributed by atoms with E-state index >= 15 is 0 Å². The Kier molecular flexibility index (Phi) is 28.5. The number of nitrogens with one attached hydrogen (secondary N) is 3. The number of imide groups is 1. The molecule has 0 saturated carbocycles. The highest BCUT2D eigenvalue weighted by Gasteiger charge is 2.62. The summed E-state index contributed by atoms with van der Waals surface area (Å²) < 4.78 is 25.3. The Morgan fingerprint density at radius 2 is 0.863 bits per heavy atom. The number of carbonyl (C=O) groups is 9. The normalized spacial score (nSPS) is 30.2. The molecule has 14 heterocycles. The van der Waals surface area contributed by atoms with E-state index in [1.54, 1.807) is 0 Å². The maximum atomic E-state index is 12.5. The SMILES string of the molecule is CC(C)(C)OC(=O)N1C[C@@H]2CN(Cc3ccccc3)C[C@]2(C)C1.CC(C)(C)OC(=O)N1C[C@@H]2CNC[C@]2(C)C1.CC(C)(C)OC(=O)N1C[C@@]2(C)CN(c3nc(Cl)ncc3Cl)C[C@@]2(C)C1.CC1=CC(=O)OC1=O.C[C@@]12CNC[C@@H]1CN(Cc1ccccc1)C2.C[C@]12CN(Cc3ccccc3)C[C@H]1C(=O)NC2=O.C[C@]12CN(Cc3ccccc3)C[C@H]1C(=O)OC2=O. The fourth-order valence-corrected chi connectivity index (χ4v) is 20.2. The zero-order valence-corrected chi connectivity index (χ0v) is 77.0. The molecule has 0 bridgehead atoms. The van der Waals surface area contributed by atoms with Gasteiger partial charge in [0.1, 0.15) is 21.8 Å². The van der Waals surface area contributed by atoms with Crippen LogP contribution in [0.3, 0.4) is 0 Å². The van der Waals surface area contributed by atoms with Crippen LogP contribution < -0.4 is 20.9 Å². The summed E-state index contributed by atoms with van der Waals surface area (Å²) in [6.07, 6.45) is 2.12. The Labute approximate surface area is 741 Å². The Morgan fingerprint density at radius 1 is 0.468 bits per heavy atom. The Bertz CT molecular complexity index is 4620. The number of anilines is 1. The van der Waals surface area contributed by atoms with Crippen LogP contribution in [0.15, 0.2) is 139 Å². The second kappa shape index (κ2) is 37.6. The number of halogens is 2. The Hall–Kier alpha value is -8.93. The Balaban J connectivity index is 0.000000134. The lowest BCUT2D eigenvalue weighted by atomic mass is 9.71. The highest BCUT2D eigenvalue weighted by molar-refractivity contribution is 6.33. The molecule has 29 heteroatoms. The number of fused-ring (bicyclic) bond motifs is 6. The van der Waals surface area contributed by atoms with Gasteiger partial charge in [0, 0.05) is 184 Å². The van der Waals surface area contributed by atoms with Crippen molar-refractivity contribution in [2.24, 2.45) is 67.5 Å². The van der Waals surface area contributed by atoms with Gasteiger partial charge in [0.05, 0.1) is 28.9 Å². The van der Waals surface area contributed by atoms with Crippen LogP contribution in [0.25, 0.3) is 0 Å². The number of rotatable bonds is 9. The fourth-order valence-electron chi connectivity index (χ4n) is 19.9.